The van der Waals surface area contributed by atoms with Crippen molar-refractivity contribution in [1.29, 1.82) is 5.26 Å². The zero-order chi connectivity index (χ0) is 18.7. The first-order valence-electron chi connectivity index (χ1n) is 8.49. The van der Waals surface area contributed by atoms with Crippen LogP contribution >= 0.6 is 0 Å². The molecule has 0 saturated heterocycles. The zero-order valence-corrected chi connectivity index (χ0v) is 15.3. The minimum absolute atomic E-state index is 0.276. The summed E-state index contributed by atoms with van der Waals surface area (Å²) >= 11 is 0. The van der Waals surface area contributed by atoms with Gasteiger partial charge in [-0.15, -0.1) is 5.10 Å². The van der Waals surface area contributed by atoms with Gasteiger partial charge in [0.2, 0.25) is 0 Å². The van der Waals surface area contributed by atoms with Gasteiger partial charge in [-0.1, -0.05) is 53.6 Å². The van der Waals surface area contributed by atoms with E-state index in [1.165, 1.54) is 11.1 Å². The van der Waals surface area contributed by atoms with Gasteiger partial charge in [0, 0.05) is 0 Å². The first kappa shape index (κ1) is 17.6. The summed E-state index contributed by atoms with van der Waals surface area (Å²) in [4.78, 5) is 0. The van der Waals surface area contributed by atoms with Crippen LogP contribution in [-0.2, 0) is 13.2 Å². The lowest BCUT2D eigenvalue weighted by molar-refractivity contribution is 0.288. The van der Waals surface area contributed by atoms with E-state index in [9.17, 15) is 5.26 Å². The van der Waals surface area contributed by atoms with Crippen LogP contribution in [0, 0.1) is 32.1 Å². The van der Waals surface area contributed by atoms with Gasteiger partial charge in [0.1, 0.15) is 18.5 Å². The van der Waals surface area contributed by atoms with Gasteiger partial charge in [-0.2, -0.15) is 5.26 Å². The summed E-state index contributed by atoms with van der Waals surface area (Å²) in [5, 5.41) is 13.9. The molecule has 5 nitrogen and oxygen atoms in total. The summed E-state index contributed by atoms with van der Waals surface area (Å²) < 4.78 is 7.45. The van der Waals surface area contributed by atoms with Crippen LogP contribution in [0.15, 0.2) is 42.5 Å². The maximum absolute atomic E-state index is 9.45. The van der Waals surface area contributed by atoms with Gasteiger partial charge in [-0.3, -0.25) is 0 Å². The van der Waals surface area contributed by atoms with E-state index in [-0.39, 0.29) is 11.4 Å². The smallest absolute Gasteiger partial charge is 0.253 e. The van der Waals surface area contributed by atoms with Crippen molar-refractivity contribution in [1.82, 2.24) is 9.78 Å². The summed E-state index contributed by atoms with van der Waals surface area (Å²) in [6, 6.07) is 16.4. The number of nitriles is 1. The van der Waals surface area contributed by atoms with Crippen molar-refractivity contribution in [3.05, 3.63) is 75.8 Å². The molecule has 0 aliphatic carbocycles. The van der Waals surface area contributed by atoms with Gasteiger partial charge < -0.3 is 10.5 Å². The highest BCUT2D eigenvalue weighted by Crippen LogP contribution is 2.25. The molecule has 0 spiro atoms. The van der Waals surface area contributed by atoms with Crippen molar-refractivity contribution in [3.63, 3.8) is 0 Å². The Morgan fingerprint density at radius 1 is 1.08 bits per heavy atom. The average molecular weight is 346 g/mol. The molecule has 26 heavy (non-hydrogen) atoms. The highest BCUT2D eigenvalue weighted by molar-refractivity contribution is 5.55. The first-order chi connectivity index (χ1) is 12.5. The maximum atomic E-state index is 9.45. The van der Waals surface area contributed by atoms with Gasteiger partial charge in [0.15, 0.2) is 5.56 Å². The summed E-state index contributed by atoms with van der Waals surface area (Å²) in [6.45, 7) is 6.96. The van der Waals surface area contributed by atoms with E-state index in [1.54, 1.807) is 4.68 Å². The molecule has 1 heterocycles. The van der Waals surface area contributed by atoms with Crippen LogP contribution in [0.2, 0.25) is 0 Å². The molecule has 0 atom stereocenters. The summed E-state index contributed by atoms with van der Waals surface area (Å²) in [5.74, 6) is 0.599. The molecule has 0 bridgehead atoms. The molecule has 1 aromatic heterocycles. The van der Waals surface area contributed by atoms with Crippen LogP contribution in [0.25, 0.3) is 0 Å². The van der Waals surface area contributed by atoms with E-state index in [1.807, 2.05) is 45.0 Å². The predicted octanol–water partition coefficient (Wildman–Crippen LogP) is 3.89. The Hall–Kier alpha value is -3.26. The number of hydrogen-bond donors (Lipinski definition) is 1. The van der Waals surface area contributed by atoms with E-state index < -0.39 is 0 Å². The monoisotopic (exact) mass is 346 g/mol. The van der Waals surface area contributed by atoms with Crippen LogP contribution in [0.5, 0.6) is 5.88 Å². The number of hydrogen-bond acceptors (Lipinski definition) is 4. The Morgan fingerprint density at radius 2 is 1.77 bits per heavy atom. The largest absolute Gasteiger partial charge is 0.471 e. The SMILES string of the molecule is Cc1ccc(Cn2nc(OCc3cc(C)ccc3C)c(C#N)c2N)cc1. The van der Waals surface area contributed by atoms with Crippen molar-refractivity contribution in [2.75, 3.05) is 5.73 Å². The van der Waals surface area contributed by atoms with E-state index in [2.05, 4.69) is 29.4 Å². The second-order valence-electron chi connectivity index (χ2n) is 6.54. The van der Waals surface area contributed by atoms with Crippen LogP contribution in [0.1, 0.15) is 33.4 Å². The van der Waals surface area contributed by atoms with Crippen molar-refractivity contribution in [3.8, 4) is 11.9 Å². The Balaban J connectivity index is 1.82. The maximum Gasteiger partial charge on any atom is 0.253 e. The Morgan fingerprint density at radius 3 is 2.46 bits per heavy atom. The van der Waals surface area contributed by atoms with Crippen LogP contribution in [0.4, 0.5) is 5.82 Å². The minimum Gasteiger partial charge on any atom is -0.471 e. The fourth-order valence-corrected chi connectivity index (χ4v) is 2.75. The first-order valence-corrected chi connectivity index (χ1v) is 8.49. The number of ether oxygens (including phenoxy) is 1. The molecule has 3 rings (SSSR count). The van der Waals surface area contributed by atoms with Crippen molar-refractivity contribution in [2.45, 2.75) is 33.9 Å². The number of nitrogens with zero attached hydrogens (tertiary/aromatic N) is 3. The summed E-state index contributed by atoms with van der Waals surface area (Å²) in [6.07, 6.45) is 0. The van der Waals surface area contributed by atoms with Crippen LogP contribution in [-0.4, -0.2) is 9.78 Å². The van der Waals surface area contributed by atoms with Gasteiger partial charge in [-0.05, 0) is 37.5 Å². The number of rotatable bonds is 5. The summed E-state index contributed by atoms with van der Waals surface area (Å²) in [5.41, 5.74) is 12.0. The topological polar surface area (TPSA) is 76.9 Å². The minimum atomic E-state index is 0.276. The third kappa shape index (κ3) is 3.70. The predicted molar refractivity (Wildman–Crippen MR) is 102 cm³/mol. The van der Waals surface area contributed by atoms with E-state index >= 15 is 0 Å². The van der Waals surface area contributed by atoms with Gasteiger partial charge in [-0.25, -0.2) is 4.68 Å². The molecule has 0 amide bonds. The zero-order valence-electron chi connectivity index (χ0n) is 15.3. The van der Waals surface area contributed by atoms with E-state index in [4.69, 9.17) is 10.5 Å². The third-order valence-corrected chi connectivity index (χ3v) is 4.39. The highest BCUT2D eigenvalue weighted by Gasteiger charge is 2.17. The molecule has 0 fully saturated rings. The molecular formula is C21H22N4O. The lowest BCUT2D eigenvalue weighted by atomic mass is 10.1. The van der Waals surface area contributed by atoms with Gasteiger partial charge >= 0.3 is 0 Å². The highest BCUT2D eigenvalue weighted by atomic mass is 16.5. The van der Waals surface area contributed by atoms with Crippen molar-refractivity contribution < 1.29 is 4.74 Å². The molecule has 2 aromatic carbocycles. The number of nitrogens with two attached hydrogens (primary N) is 1. The molecule has 0 aliphatic rings. The Kier molecular flexibility index (Phi) is 4.94. The second-order valence-corrected chi connectivity index (χ2v) is 6.54. The molecule has 0 radical (unpaired) electrons. The standard InChI is InChI=1S/C21H22N4O/c1-14-5-8-17(9-6-14)12-25-20(23)19(11-22)21(24-25)26-13-18-10-15(2)4-7-16(18)3/h4-10H,12-13,23H2,1-3H3. The molecule has 0 unspecified atom stereocenters. The number of aryl methyl sites for hydroxylation is 3. The fourth-order valence-electron chi connectivity index (χ4n) is 2.75. The number of benzene rings is 2. The lowest BCUT2D eigenvalue weighted by Gasteiger charge is -2.08. The molecular weight excluding hydrogens is 324 g/mol. The number of anilines is 1. The Labute approximate surface area is 153 Å². The van der Waals surface area contributed by atoms with E-state index in [0.29, 0.717) is 19.0 Å². The molecule has 0 saturated carbocycles. The number of nitrogen functional groups attached to an aromatic ring is 1. The molecule has 0 aliphatic heterocycles. The average Bonchev–Trinajstić information content (AvgIpc) is 2.92. The van der Waals surface area contributed by atoms with Gasteiger partial charge in [0.25, 0.3) is 5.88 Å². The summed E-state index contributed by atoms with van der Waals surface area (Å²) in [7, 11) is 0. The Bertz CT molecular complexity index is 965. The molecule has 3 aromatic rings. The number of aromatic nitrogens is 2. The lowest BCUT2D eigenvalue weighted by Crippen LogP contribution is -2.06. The van der Waals surface area contributed by atoms with Crippen LogP contribution < -0.4 is 10.5 Å². The normalized spacial score (nSPS) is 10.5. The van der Waals surface area contributed by atoms with E-state index in [0.717, 1.165) is 16.7 Å². The second kappa shape index (κ2) is 7.32. The molecule has 5 heteroatoms. The third-order valence-electron chi connectivity index (χ3n) is 4.39. The fraction of sp³-hybridized carbons (Fsp3) is 0.238. The molecule has 2 N–H and O–H groups in total. The molecule has 132 valence electrons. The quantitative estimate of drug-likeness (QED) is 0.760. The van der Waals surface area contributed by atoms with Crippen LogP contribution in [0.3, 0.4) is 0 Å². The van der Waals surface area contributed by atoms with Crippen molar-refractivity contribution >= 4 is 5.82 Å². The van der Waals surface area contributed by atoms with Crippen molar-refractivity contribution in [2.24, 2.45) is 0 Å². The van der Waals surface area contributed by atoms with Gasteiger partial charge in [0.05, 0.1) is 6.54 Å².